The molecule has 0 bridgehead atoms. The normalized spacial score (nSPS) is 21.9. The topological polar surface area (TPSA) is 249 Å². The molecule has 2 aromatic heterocycles. The fourth-order valence-electron chi connectivity index (χ4n) is 7.63. The molecule has 1 saturated heterocycles. The Morgan fingerprint density at radius 2 is 1.73 bits per heavy atom. The summed E-state index contributed by atoms with van der Waals surface area (Å²) in [5.74, 6) is -2.49. The van der Waals surface area contributed by atoms with Crippen LogP contribution in [-0.4, -0.2) is 101 Å². The van der Waals surface area contributed by atoms with Crippen molar-refractivity contribution in [1.82, 2.24) is 25.5 Å². The number of carboxylic acid groups (broad SMARTS) is 1. The smallest absolute Gasteiger partial charge is 0.408 e. The molecule has 0 unspecified atom stereocenters. The number of hydrogen-bond acceptors (Lipinski definition) is 12. The number of anilines is 1. The Labute approximate surface area is 366 Å². The van der Waals surface area contributed by atoms with Crippen LogP contribution in [0.2, 0.25) is 0 Å². The summed E-state index contributed by atoms with van der Waals surface area (Å²) in [7, 11) is -3.17. The molecule has 0 radical (unpaired) electrons. The molecule has 4 amide bonds. The van der Waals surface area contributed by atoms with Gasteiger partial charge in [0.05, 0.1) is 24.0 Å². The van der Waals surface area contributed by atoms with E-state index < -0.39 is 69.0 Å². The van der Waals surface area contributed by atoms with E-state index in [0.717, 1.165) is 37.5 Å². The number of aromatic nitrogens is 2. The summed E-state index contributed by atoms with van der Waals surface area (Å²) in [6.07, 6.45) is 4.80. The van der Waals surface area contributed by atoms with Crippen molar-refractivity contribution in [3.8, 4) is 17.1 Å². The molecule has 62 heavy (non-hydrogen) atoms. The molecule has 338 valence electrons. The Morgan fingerprint density at radius 3 is 2.31 bits per heavy atom. The number of hydrogen-bond donors (Lipinski definition) is 5. The number of carbonyl (C=O) groups is 5. The van der Waals surface area contributed by atoms with Crippen LogP contribution in [0, 0.1) is 23.7 Å². The molecule has 2 saturated carbocycles. The molecule has 5 atom stereocenters. The van der Waals surface area contributed by atoms with E-state index in [1.165, 1.54) is 22.3 Å². The van der Waals surface area contributed by atoms with Gasteiger partial charge in [-0.1, -0.05) is 53.7 Å². The highest BCUT2D eigenvalue weighted by molar-refractivity contribution is 7.88. The lowest BCUT2D eigenvalue weighted by Gasteiger charge is -2.35. The molecule has 3 fully saturated rings. The van der Waals surface area contributed by atoms with Gasteiger partial charge in [-0.15, -0.1) is 17.9 Å². The van der Waals surface area contributed by atoms with Crippen molar-refractivity contribution >= 4 is 67.2 Å². The number of rotatable bonds is 12. The summed E-state index contributed by atoms with van der Waals surface area (Å²) >= 11 is 1.28. The Kier molecular flexibility index (Phi) is 14.4. The third-order valence-corrected chi connectivity index (χ3v) is 11.5. The number of fused-ring (bicyclic) bond motifs is 1. The molecule has 1 aromatic carbocycles. The van der Waals surface area contributed by atoms with Crippen LogP contribution in [0.4, 0.5) is 9.93 Å². The van der Waals surface area contributed by atoms with Crippen molar-refractivity contribution in [1.29, 1.82) is 0 Å². The van der Waals surface area contributed by atoms with Crippen molar-refractivity contribution < 1.29 is 47.0 Å². The molecule has 2 aliphatic carbocycles. The minimum Gasteiger partial charge on any atom is -0.488 e. The van der Waals surface area contributed by atoms with E-state index in [1.54, 1.807) is 11.4 Å². The number of ether oxygens (including phenoxy) is 2. The van der Waals surface area contributed by atoms with Crippen LogP contribution < -0.4 is 25.8 Å². The summed E-state index contributed by atoms with van der Waals surface area (Å²) in [6, 6.07) is 5.32. The van der Waals surface area contributed by atoms with Crippen LogP contribution in [0.25, 0.3) is 22.3 Å². The lowest BCUT2D eigenvalue weighted by atomic mass is 9.85. The molecule has 1 aliphatic heterocycles. The number of sulfonamides is 1. The van der Waals surface area contributed by atoms with Crippen molar-refractivity contribution in [2.45, 2.75) is 123 Å². The number of benzene rings is 1. The summed E-state index contributed by atoms with van der Waals surface area (Å²) in [6.45, 7) is 17.1. The number of likely N-dealkylation sites (tertiary alicyclic amines) is 1. The maximum atomic E-state index is 14.6. The third kappa shape index (κ3) is 12.5. The van der Waals surface area contributed by atoms with Gasteiger partial charge in [0.15, 0.2) is 5.13 Å². The maximum Gasteiger partial charge on any atom is 0.408 e. The maximum absolute atomic E-state index is 14.6. The lowest BCUT2D eigenvalue weighted by molar-refractivity contribution is -0.146. The standard InChI is InChI=1S/C42H54N6O8S.CH5NO2S/c1-9-24-19-42(24,37(52)53)47-35(50)31-17-26(21-48(31)36(51)34(41(6,7)8)46-39(54)56-25-12-10-11-13-25)55-32-18-29(43-28-16-23(2)14-15-27(28)32)30-22-57-38(44-30)45-33(49)20-40(3,4)5;1-5(2,3)4/h9,14-16,18,22,24-26,31,34H,1,10-13,17,19-21H2,2-8H3,(H,46,54)(H,47,50)(H,52,53)(H,44,45,49);1H3,(H2,2,3,4)/t24-,26-,31+,34-,42-;/m1./s1. The van der Waals surface area contributed by atoms with Crippen LogP contribution in [0.5, 0.6) is 5.75 Å². The minimum absolute atomic E-state index is 0.0283. The van der Waals surface area contributed by atoms with Crippen LogP contribution >= 0.6 is 11.3 Å². The first-order valence-corrected chi connectivity index (χ1v) is 23.4. The van der Waals surface area contributed by atoms with E-state index in [0.29, 0.717) is 39.6 Å². The Balaban J connectivity index is 0.00000137. The zero-order valence-electron chi connectivity index (χ0n) is 36.6. The van der Waals surface area contributed by atoms with Crippen LogP contribution in [0.15, 0.2) is 42.3 Å². The number of amides is 4. The first-order valence-electron chi connectivity index (χ1n) is 20.5. The molecule has 17 nitrogen and oxygen atoms in total. The first kappa shape index (κ1) is 47.9. The largest absolute Gasteiger partial charge is 0.488 e. The second kappa shape index (κ2) is 18.7. The van der Waals surface area contributed by atoms with E-state index in [4.69, 9.17) is 14.5 Å². The van der Waals surface area contributed by atoms with Gasteiger partial charge in [0, 0.05) is 35.6 Å². The van der Waals surface area contributed by atoms with Gasteiger partial charge < -0.3 is 35.4 Å². The predicted octanol–water partition coefficient (Wildman–Crippen LogP) is 5.52. The number of aliphatic carboxylic acids is 1. The van der Waals surface area contributed by atoms with Crippen molar-refractivity contribution in [2.24, 2.45) is 21.9 Å². The van der Waals surface area contributed by atoms with E-state index in [1.807, 2.05) is 66.7 Å². The highest BCUT2D eigenvalue weighted by Crippen LogP contribution is 2.45. The molecule has 19 heteroatoms. The Morgan fingerprint density at radius 1 is 1.06 bits per heavy atom. The SMILES string of the molecule is C=C[C@@H]1C[C@]1(NC(=O)[C@@H]1C[C@@H](Oc2cc(-c3csc(NC(=O)CC(C)(C)C)n3)nc3cc(C)ccc23)CN1C(=O)[C@@H](NC(=O)OC1CCCC1)C(C)(C)C)C(=O)O.CS(N)(=O)=O. The van der Waals surface area contributed by atoms with E-state index in [-0.39, 0.29) is 36.8 Å². The number of aryl methyl sites for hydroxylation is 1. The minimum atomic E-state index is -3.17. The molecule has 3 aliphatic rings. The van der Waals surface area contributed by atoms with Gasteiger partial charge in [-0.25, -0.2) is 33.1 Å². The quantitative estimate of drug-likeness (QED) is 0.141. The number of nitrogens with zero attached hydrogens (tertiary/aromatic N) is 3. The molecular weight excluding hydrogens is 839 g/mol. The van der Waals surface area contributed by atoms with Gasteiger partial charge in [0.2, 0.25) is 27.7 Å². The Bertz CT molecular complexity index is 2310. The predicted molar refractivity (Wildman–Crippen MR) is 236 cm³/mol. The second-order valence-electron chi connectivity index (χ2n) is 18.7. The molecule has 3 heterocycles. The van der Waals surface area contributed by atoms with Gasteiger partial charge in [-0.3, -0.25) is 14.4 Å². The number of carboxylic acids is 1. The van der Waals surface area contributed by atoms with Gasteiger partial charge in [-0.05, 0) is 67.6 Å². The molecule has 6 rings (SSSR count). The average Bonchev–Trinajstić information content (AvgIpc) is 3.54. The molecule has 3 aromatic rings. The summed E-state index contributed by atoms with van der Waals surface area (Å²) in [4.78, 5) is 77.8. The van der Waals surface area contributed by atoms with Crippen molar-refractivity contribution in [3.05, 3.63) is 47.9 Å². The zero-order valence-corrected chi connectivity index (χ0v) is 38.2. The van der Waals surface area contributed by atoms with Crippen molar-refractivity contribution in [2.75, 3.05) is 18.1 Å². The number of primary sulfonamides is 1. The highest BCUT2D eigenvalue weighted by atomic mass is 32.2. The monoisotopic (exact) mass is 897 g/mol. The lowest BCUT2D eigenvalue weighted by Crippen LogP contribution is -2.59. The van der Waals surface area contributed by atoms with E-state index in [9.17, 15) is 37.5 Å². The fourth-order valence-corrected chi connectivity index (χ4v) is 8.35. The van der Waals surface area contributed by atoms with Crippen LogP contribution in [0.1, 0.15) is 92.1 Å². The Hall–Kier alpha value is -5.14. The molecule has 0 spiro atoms. The number of thiazole rings is 1. The number of nitrogens with one attached hydrogen (secondary N) is 3. The van der Waals surface area contributed by atoms with Crippen LogP contribution in [-0.2, 0) is 33.9 Å². The van der Waals surface area contributed by atoms with Crippen molar-refractivity contribution in [3.63, 3.8) is 0 Å². The van der Waals surface area contributed by atoms with Gasteiger partial charge in [0.25, 0.3) is 0 Å². The summed E-state index contributed by atoms with van der Waals surface area (Å²) in [5.41, 5.74) is 0.141. The van der Waals surface area contributed by atoms with Gasteiger partial charge in [-0.2, -0.15) is 0 Å². The first-order chi connectivity index (χ1) is 28.8. The summed E-state index contributed by atoms with van der Waals surface area (Å²) in [5, 5.41) is 25.8. The summed E-state index contributed by atoms with van der Waals surface area (Å²) < 4.78 is 31.2. The molecule has 6 N–H and O–H groups in total. The van der Waals surface area contributed by atoms with E-state index >= 15 is 0 Å². The highest BCUT2D eigenvalue weighted by Gasteiger charge is 2.61. The molecular formula is C43H59N7O10S2. The zero-order chi connectivity index (χ0) is 45.9. The number of alkyl carbamates (subject to hydrolysis) is 1. The second-order valence-corrected chi connectivity index (χ2v) is 21.2. The van der Waals surface area contributed by atoms with Crippen LogP contribution in [0.3, 0.4) is 0 Å². The average molecular weight is 898 g/mol. The van der Waals surface area contributed by atoms with E-state index in [2.05, 4.69) is 32.7 Å². The van der Waals surface area contributed by atoms with Gasteiger partial charge >= 0.3 is 12.1 Å². The fraction of sp³-hybridized carbons (Fsp3) is 0.558. The number of carbonyl (C=O) groups excluding carboxylic acids is 4. The number of nitrogens with two attached hydrogens (primary N) is 1. The van der Waals surface area contributed by atoms with Gasteiger partial charge in [0.1, 0.15) is 41.3 Å². The number of pyridine rings is 1. The third-order valence-electron chi connectivity index (χ3n) is 10.8.